The Morgan fingerprint density at radius 3 is 2.54 bits per heavy atom. The number of ether oxygens (including phenoxy) is 1. The average Bonchev–Trinajstić information content (AvgIpc) is 3.26. The van der Waals surface area contributed by atoms with Crippen molar-refractivity contribution in [3.05, 3.63) is 77.2 Å². The molecule has 0 aliphatic carbocycles. The van der Waals surface area contributed by atoms with E-state index in [0.717, 1.165) is 29.1 Å². The fourth-order valence-corrected chi connectivity index (χ4v) is 3.90. The lowest BCUT2D eigenvalue weighted by Gasteiger charge is -2.24. The van der Waals surface area contributed by atoms with E-state index in [-0.39, 0.29) is 17.2 Å². The van der Waals surface area contributed by atoms with Gasteiger partial charge in [0.1, 0.15) is 5.82 Å². The van der Waals surface area contributed by atoms with Crippen molar-refractivity contribution in [2.75, 3.05) is 24.4 Å². The number of aromatic nitrogens is 3. The zero-order valence-corrected chi connectivity index (χ0v) is 20.1. The molecule has 0 fully saturated rings. The van der Waals surface area contributed by atoms with Gasteiger partial charge in [-0.1, -0.05) is 6.07 Å². The van der Waals surface area contributed by atoms with Crippen molar-refractivity contribution in [2.24, 2.45) is 11.5 Å². The Hall–Kier alpha value is -4.16. The first-order valence-electron chi connectivity index (χ1n) is 11.4. The van der Waals surface area contributed by atoms with Gasteiger partial charge in [-0.05, 0) is 48.9 Å². The third-order valence-corrected chi connectivity index (χ3v) is 5.77. The molecular formula is C25H26F3N7O2. The van der Waals surface area contributed by atoms with Crippen LogP contribution in [0, 0.1) is 17.5 Å². The number of hydrogen-bond donors (Lipinski definition) is 4. The van der Waals surface area contributed by atoms with Crippen molar-refractivity contribution in [3.8, 4) is 0 Å². The summed E-state index contributed by atoms with van der Waals surface area (Å²) in [5, 5.41) is 11.0. The van der Waals surface area contributed by atoms with E-state index < -0.39 is 35.4 Å². The summed E-state index contributed by atoms with van der Waals surface area (Å²) in [6, 6.07) is 8.15. The number of benzene rings is 2. The van der Waals surface area contributed by atoms with Gasteiger partial charge in [-0.3, -0.25) is 9.48 Å². The van der Waals surface area contributed by atoms with E-state index in [1.54, 1.807) is 37.0 Å². The summed E-state index contributed by atoms with van der Waals surface area (Å²) in [6.45, 7) is 2.70. The number of anilines is 3. The fourth-order valence-electron chi connectivity index (χ4n) is 3.90. The Morgan fingerprint density at radius 1 is 1.08 bits per heavy atom. The number of methoxy groups -OCH3 is 1. The number of carbonyl (C=O) groups excluding carboxylic acids is 1. The first-order chi connectivity index (χ1) is 17.7. The number of pyridine rings is 1. The van der Waals surface area contributed by atoms with Gasteiger partial charge in [0.15, 0.2) is 23.3 Å². The minimum absolute atomic E-state index is 0.00349. The van der Waals surface area contributed by atoms with Gasteiger partial charge in [0.2, 0.25) is 0 Å². The molecule has 12 heteroatoms. The second-order valence-corrected chi connectivity index (χ2v) is 8.49. The number of nitrogens with zero attached hydrogens (tertiary/aromatic N) is 3. The molecule has 0 radical (unpaired) electrons. The van der Waals surface area contributed by atoms with Crippen LogP contribution in [0.2, 0.25) is 0 Å². The van der Waals surface area contributed by atoms with Crippen molar-refractivity contribution in [3.63, 3.8) is 0 Å². The summed E-state index contributed by atoms with van der Waals surface area (Å²) in [5.74, 6) is -4.11. The Kier molecular flexibility index (Phi) is 7.60. The second-order valence-electron chi connectivity index (χ2n) is 8.49. The van der Waals surface area contributed by atoms with Crippen LogP contribution in [0.1, 0.15) is 28.9 Å². The highest BCUT2D eigenvalue weighted by atomic mass is 19.2. The van der Waals surface area contributed by atoms with Crippen LogP contribution in [-0.4, -0.2) is 40.4 Å². The summed E-state index contributed by atoms with van der Waals surface area (Å²) in [7, 11) is 1.61. The predicted octanol–water partition coefficient (Wildman–Crippen LogP) is 3.84. The van der Waals surface area contributed by atoms with Crippen molar-refractivity contribution in [1.82, 2.24) is 14.8 Å². The monoisotopic (exact) mass is 513 g/mol. The van der Waals surface area contributed by atoms with Crippen LogP contribution < -0.4 is 22.1 Å². The fraction of sp³-hybridized carbons (Fsp3) is 0.240. The summed E-state index contributed by atoms with van der Waals surface area (Å²) in [5.41, 5.74) is 13.1. The van der Waals surface area contributed by atoms with Crippen molar-refractivity contribution >= 4 is 34.1 Å². The molecule has 37 heavy (non-hydrogen) atoms. The smallest absolute Gasteiger partial charge is 0.252 e. The first-order valence-corrected chi connectivity index (χ1v) is 11.4. The number of nitrogens with one attached hydrogen (secondary N) is 2. The standard InChI is InChI=1S/C25H26F3N7O2/c1-13(29)22(14-3-5-18(26)19(27)10-14)33-25-20(28)11-17(23(30)36)24(34-25)32-16-4-6-21-15(9-16)12-31-35(21)7-8-37-2/h3-6,9-13,22H,7-8,29H2,1-2H3,(H2,30,36)(H2,32,33,34)/t13-,22-/m0/s1. The molecule has 6 N–H and O–H groups in total. The molecule has 9 nitrogen and oxygen atoms in total. The highest BCUT2D eigenvalue weighted by Gasteiger charge is 2.23. The molecule has 0 spiro atoms. The van der Waals surface area contributed by atoms with Gasteiger partial charge in [0.25, 0.3) is 5.91 Å². The lowest BCUT2D eigenvalue weighted by Crippen LogP contribution is -2.31. The van der Waals surface area contributed by atoms with Crippen LogP contribution in [0.15, 0.2) is 48.7 Å². The number of rotatable bonds is 10. The molecule has 0 bridgehead atoms. The summed E-state index contributed by atoms with van der Waals surface area (Å²) >= 11 is 0. The van der Waals surface area contributed by atoms with Crippen molar-refractivity contribution in [2.45, 2.75) is 25.6 Å². The quantitative estimate of drug-likeness (QED) is 0.253. The molecule has 2 aromatic heterocycles. The highest BCUT2D eigenvalue weighted by molar-refractivity contribution is 5.99. The van der Waals surface area contributed by atoms with E-state index in [9.17, 15) is 18.0 Å². The predicted molar refractivity (Wildman–Crippen MR) is 134 cm³/mol. The molecule has 2 atom stereocenters. The SMILES string of the molecule is COCCn1ncc2cc(Nc3nc(N[C@H](c4ccc(F)c(F)c4)[C@H](C)N)c(F)cc3C(N)=O)ccc21. The molecule has 194 valence electrons. The zero-order chi connectivity index (χ0) is 26.7. The van der Waals surface area contributed by atoms with Crippen LogP contribution in [0.4, 0.5) is 30.5 Å². The van der Waals surface area contributed by atoms with Gasteiger partial charge < -0.3 is 26.8 Å². The van der Waals surface area contributed by atoms with Gasteiger partial charge in [0, 0.05) is 24.2 Å². The molecule has 1 amide bonds. The van der Waals surface area contributed by atoms with Gasteiger partial charge in [-0.25, -0.2) is 18.2 Å². The highest BCUT2D eigenvalue weighted by Crippen LogP contribution is 2.29. The number of halogens is 3. The van der Waals surface area contributed by atoms with E-state index in [1.807, 2.05) is 6.07 Å². The number of primary amides is 1. The summed E-state index contributed by atoms with van der Waals surface area (Å²) in [4.78, 5) is 16.3. The molecular weight excluding hydrogens is 487 g/mol. The molecule has 0 aliphatic heterocycles. The Labute approximate surface area is 210 Å². The summed E-state index contributed by atoms with van der Waals surface area (Å²) in [6.07, 6.45) is 1.69. The van der Waals surface area contributed by atoms with E-state index in [0.29, 0.717) is 24.4 Å². The van der Waals surface area contributed by atoms with E-state index in [4.69, 9.17) is 16.2 Å². The van der Waals surface area contributed by atoms with Gasteiger partial charge in [-0.15, -0.1) is 0 Å². The topological polar surface area (TPSA) is 133 Å². The molecule has 0 unspecified atom stereocenters. The van der Waals surface area contributed by atoms with Gasteiger partial charge >= 0.3 is 0 Å². The largest absolute Gasteiger partial charge is 0.383 e. The maximum atomic E-state index is 15.0. The van der Waals surface area contributed by atoms with Crippen molar-refractivity contribution in [1.29, 1.82) is 0 Å². The molecule has 2 aromatic carbocycles. The maximum absolute atomic E-state index is 15.0. The first kappa shape index (κ1) is 25.9. The molecule has 4 rings (SSSR count). The van der Waals surface area contributed by atoms with Crippen molar-refractivity contribution < 1.29 is 22.7 Å². The van der Waals surface area contributed by atoms with E-state index in [1.165, 1.54) is 6.07 Å². The Morgan fingerprint density at radius 2 is 1.86 bits per heavy atom. The molecule has 0 aliphatic rings. The molecule has 0 saturated carbocycles. The van der Waals surface area contributed by atoms with E-state index >= 15 is 0 Å². The third-order valence-electron chi connectivity index (χ3n) is 5.77. The van der Waals surface area contributed by atoms with Crippen LogP contribution in [0.3, 0.4) is 0 Å². The minimum atomic E-state index is -1.06. The van der Waals surface area contributed by atoms with Gasteiger partial charge in [0.05, 0.1) is 36.5 Å². The molecule has 0 saturated heterocycles. The van der Waals surface area contributed by atoms with Gasteiger partial charge in [-0.2, -0.15) is 5.10 Å². The van der Waals surface area contributed by atoms with E-state index in [2.05, 4.69) is 20.7 Å². The Balaban J connectivity index is 1.67. The molecule has 2 heterocycles. The molecule has 4 aromatic rings. The second kappa shape index (κ2) is 10.8. The average molecular weight is 514 g/mol. The number of hydrogen-bond acceptors (Lipinski definition) is 7. The zero-order valence-electron chi connectivity index (χ0n) is 20.1. The lowest BCUT2D eigenvalue weighted by atomic mass is 10.0. The number of carbonyl (C=O) groups is 1. The number of nitrogens with two attached hydrogens (primary N) is 2. The van der Waals surface area contributed by atoms with Crippen LogP contribution in [0.25, 0.3) is 10.9 Å². The minimum Gasteiger partial charge on any atom is -0.383 e. The van der Waals surface area contributed by atoms with Crippen LogP contribution >= 0.6 is 0 Å². The normalized spacial score (nSPS) is 12.9. The third kappa shape index (κ3) is 5.65. The Bertz CT molecular complexity index is 1440. The number of amides is 1. The lowest BCUT2D eigenvalue weighted by molar-refractivity contribution is 0.100. The van der Waals surface area contributed by atoms with Crippen LogP contribution in [-0.2, 0) is 11.3 Å². The summed E-state index contributed by atoms with van der Waals surface area (Å²) < 4.78 is 49.1. The maximum Gasteiger partial charge on any atom is 0.252 e. The number of fused-ring (bicyclic) bond motifs is 1. The van der Waals surface area contributed by atoms with Crippen LogP contribution in [0.5, 0.6) is 0 Å².